The molecule has 2 aromatic heterocycles. The molecule has 4 heteroatoms. The van der Waals surface area contributed by atoms with Crippen molar-refractivity contribution in [1.82, 2.24) is 10.3 Å². The zero-order chi connectivity index (χ0) is 12.1. The van der Waals surface area contributed by atoms with E-state index in [1.165, 1.54) is 5.56 Å². The van der Waals surface area contributed by atoms with Crippen LogP contribution in [0, 0.1) is 0 Å². The molecule has 0 saturated heterocycles. The molecule has 0 saturated carbocycles. The van der Waals surface area contributed by atoms with Crippen molar-refractivity contribution >= 4 is 15.9 Å². The number of pyridine rings is 1. The van der Waals surface area contributed by atoms with E-state index in [1.807, 2.05) is 24.4 Å². The molecule has 0 unspecified atom stereocenters. The van der Waals surface area contributed by atoms with Gasteiger partial charge in [-0.1, -0.05) is 13.0 Å². The summed E-state index contributed by atoms with van der Waals surface area (Å²) in [4.78, 5) is 4.38. The van der Waals surface area contributed by atoms with Gasteiger partial charge in [-0.15, -0.1) is 0 Å². The molecule has 3 nitrogen and oxygen atoms in total. The van der Waals surface area contributed by atoms with E-state index in [1.54, 1.807) is 0 Å². The third-order valence-corrected chi connectivity index (χ3v) is 3.01. The quantitative estimate of drug-likeness (QED) is 0.920. The normalized spacial score (nSPS) is 10.7. The predicted molar refractivity (Wildman–Crippen MR) is 70.6 cm³/mol. The third kappa shape index (κ3) is 3.41. The van der Waals surface area contributed by atoms with Crippen LogP contribution in [-0.2, 0) is 19.5 Å². The van der Waals surface area contributed by atoms with E-state index in [0.717, 1.165) is 29.1 Å². The van der Waals surface area contributed by atoms with Crippen LogP contribution in [0.15, 0.2) is 39.5 Å². The van der Waals surface area contributed by atoms with Gasteiger partial charge in [0, 0.05) is 12.7 Å². The minimum Gasteiger partial charge on any atom is -0.453 e. The number of halogens is 1. The van der Waals surface area contributed by atoms with Gasteiger partial charge in [-0.3, -0.25) is 4.98 Å². The molecular weight excluding hydrogens is 280 g/mol. The van der Waals surface area contributed by atoms with Crippen LogP contribution in [0.3, 0.4) is 0 Å². The first-order valence-electron chi connectivity index (χ1n) is 5.67. The Hall–Kier alpha value is -1.13. The van der Waals surface area contributed by atoms with E-state index in [9.17, 15) is 0 Å². The minimum absolute atomic E-state index is 0.714. The van der Waals surface area contributed by atoms with Gasteiger partial charge in [0.05, 0.1) is 12.2 Å². The molecular formula is C13H15BrN2O. The molecule has 0 atom stereocenters. The van der Waals surface area contributed by atoms with Gasteiger partial charge in [-0.05, 0) is 46.1 Å². The Morgan fingerprint density at radius 3 is 2.88 bits per heavy atom. The van der Waals surface area contributed by atoms with Crippen LogP contribution in [0.1, 0.15) is 23.9 Å². The molecule has 0 aliphatic rings. The average Bonchev–Trinajstić information content (AvgIpc) is 2.76. The first-order valence-corrected chi connectivity index (χ1v) is 6.46. The number of furan rings is 1. The van der Waals surface area contributed by atoms with E-state index in [0.29, 0.717) is 6.54 Å². The van der Waals surface area contributed by atoms with Crippen molar-refractivity contribution in [3.63, 3.8) is 0 Å². The highest BCUT2D eigenvalue weighted by molar-refractivity contribution is 9.10. The maximum Gasteiger partial charge on any atom is 0.169 e. The van der Waals surface area contributed by atoms with Gasteiger partial charge < -0.3 is 9.73 Å². The van der Waals surface area contributed by atoms with Crippen LogP contribution >= 0.6 is 15.9 Å². The van der Waals surface area contributed by atoms with Gasteiger partial charge in [0.1, 0.15) is 5.76 Å². The Morgan fingerprint density at radius 2 is 2.18 bits per heavy atom. The Balaban J connectivity index is 1.89. The molecule has 17 heavy (non-hydrogen) atoms. The van der Waals surface area contributed by atoms with Crippen molar-refractivity contribution in [3.05, 3.63) is 52.1 Å². The standard InChI is InChI=1S/C13H15BrN2O/c1-2-10-4-3-7-16-12(10)9-15-8-11-5-6-13(14)17-11/h3-7,15H,2,8-9H2,1H3. The highest BCUT2D eigenvalue weighted by atomic mass is 79.9. The van der Waals surface area contributed by atoms with E-state index in [4.69, 9.17) is 4.42 Å². The minimum atomic E-state index is 0.714. The number of hydrogen-bond donors (Lipinski definition) is 1. The number of aromatic nitrogens is 1. The zero-order valence-corrected chi connectivity index (χ0v) is 11.3. The molecule has 0 aliphatic heterocycles. The molecule has 2 aromatic rings. The van der Waals surface area contributed by atoms with Crippen LogP contribution in [0.25, 0.3) is 0 Å². The maximum absolute atomic E-state index is 5.41. The largest absolute Gasteiger partial charge is 0.453 e. The van der Waals surface area contributed by atoms with Crippen LogP contribution < -0.4 is 5.32 Å². The molecule has 90 valence electrons. The van der Waals surface area contributed by atoms with Crippen molar-refractivity contribution in [2.45, 2.75) is 26.4 Å². The summed E-state index contributed by atoms with van der Waals surface area (Å²) in [6.45, 7) is 3.62. The van der Waals surface area contributed by atoms with Crippen molar-refractivity contribution in [3.8, 4) is 0 Å². The van der Waals surface area contributed by atoms with E-state index >= 15 is 0 Å². The van der Waals surface area contributed by atoms with Crippen molar-refractivity contribution in [2.24, 2.45) is 0 Å². The van der Waals surface area contributed by atoms with Crippen molar-refractivity contribution in [1.29, 1.82) is 0 Å². The van der Waals surface area contributed by atoms with Crippen LogP contribution in [0.2, 0.25) is 0 Å². The fourth-order valence-electron chi connectivity index (χ4n) is 1.70. The van der Waals surface area contributed by atoms with E-state index in [-0.39, 0.29) is 0 Å². The summed E-state index contributed by atoms with van der Waals surface area (Å²) >= 11 is 3.28. The Kier molecular flexibility index (Phi) is 4.34. The summed E-state index contributed by atoms with van der Waals surface area (Å²) in [6, 6.07) is 7.95. The second kappa shape index (κ2) is 5.98. The Bertz CT molecular complexity index is 482. The second-order valence-corrected chi connectivity index (χ2v) is 4.55. The molecule has 0 spiro atoms. The topological polar surface area (TPSA) is 38.1 Å². The summed E-state index contributed by atoms with van der Waals surface area (Å²) < 4.78 is 6.18. The highest BCUT2D eigenvalue weighted by Crippen LogP contribution is 2.14. The predicted octanol–water partition coefficient (Wildman–Crippen LogP) is 3.29. The van der Waals surface area contributed by atoms with Crippen LogP contribution in [0.5, 0.6) is 0 Å². The van der Waals surface area contributed by atoms with Crippen molar-refractivity contribution in [2.75, 3.05) is 0 Å². The van der Waals surface area contributed by atoms with Gasteiger partial charge in [-0.2, -0.15) is 0 Å². The lowest BCUT2D eigenvalue weighted by Crippen LogP contribution is -2.14. The summed E-state index contributed by atoms with van der Waals surface area (Å²) in [7, 11) is 0. The molecule has 0 amide bonds. The lowest BCUT2D eigenvalue weighted by molar-refractivity contribution is 0.464. The number of aryl methyl sites for hydroxylation is 1. The first-order chi connectivity index (χ1) is 8.29. The monoisotopic (exact) mass is 294 g/mol. The van der Waals surface area contributed by atoms with E-state index < -0.39 is 0 Å². The zero-order valence-electron chi connectivity index (χ0n) is 9.74. The summed E-state index contributed by atoms with van der Waals surface area (Å²) in [6.07, 6.45) is 2.84. The van der Waals surface area contributed by atoms with Gasteiger partial charge in [0.25, 0.3) is 0 Å². The molecule has 2 heterocycles. The number of rotatable bonds is 5. The van der Waals surface area contributed by atoms with Gasteiger partial charge in [0.2, 0.25) is 0 Å². The number of hydrogen-bond acceptors (Lipinski definition) is 3. The number of nitrogens with one attached hydrogen (secondary N) is 1. The average molecular weight is 295 g/mol. The summed E-state index contributed by atoms with van der Waals surface area (Å²) in [5, 5.41) is 3.33. The van der Waals surface area contributed by atoms with Gasteiger partial charge >= 0.3 is 0 Å². The molecule has 0 aliphatic carbocycles. The van der Waals surface area contributed by atoms with Gasteiger partial charge in [0.15, 0.2) is 4.67 Å². The molecule has 2 rings (SSSR count). The highest BCUT2D eigenvalue weighted by Gasteiger charge is 2.02. The van der Waals surface area contributed by atoms with Gasteiger partial charge in [-0.25, -0.2) is 0 Å². The summed E-state index contributed by atoms with van der Waals surface area (Å²) in [5.74, 6) is 0.922. The smallest absolute Gasteiger partial charge is 0.169 e. The third-order valence-electron chi connectivity index (χ3n) is 2.59. The molecule has 0 radical (unpaired) electrons. The summed E-state index contributed by atoms with van der Waals surface area (Å²) in [5.41, 5.74) is 2.40. The second-order valence-electron chi connectivity index (χ2n) is 3.77. The molecule has 0 fully saturated rings. The van der Waals surface area contributed by atoms with Crippen molar-refractivity contribution < 1.29 is 4.42 Å². The fourth-order valence-corrected chi connectivity index (χ4v) is 2.04. The molecule has 0 aromatic carbocycles. The van der Waals surface area contributed by atoms with Crippen LogP contribution in [0.4, 0.5) is 0 Å². The fraction of sp³-hybridized carbons (Fsp3) is 0.308. The number of nitrogens with zero attached hydrogens (tertiary/aromatic N) is 1. The van der Waals surface area contributed by atoms with Crippen LogP contribution in [-0.4, -0.2) is 4.98 Å². The lowest BCUT2D eigenvalue weighted by atomic mass is 10.1. The Morgan fingerprint density at radius 1 is 1.29 bits per heavy atom. The van der Waals surface area contributed by atoms with E-state index in [2.05, 4.69) is 39.2 Å². The SMILES string of the molecule is CCc1cccnc1CNCc1ccc(Br)o1. The first kappa shape index (κ1) is 12.3. The molecule has 1 N–H and O–H groups in total. The Labute approximate surface area is 109 Å². The molecule has 0 bridgehead atoms. The maximum atomic E-state index is 5.41. The lowest BCUT2D eigenvalue weighted by Gasteiger charge is -2.06.